The van der Waals surface area contributed by atoms with E-state index in [0.29, 0.717) is 29.6 Å². The predicted octanol–water partition coefficient (Wildman–Crippen LogP) is 3.35. The topological polar surface area (TPSA) is 20.3 Å². The molecule has 1 amide bonds. The van der Waals surface area contributed by atoms with Gasteiger partial charge in [0.2, 0.25) is 0 Å². The van der Waals surface area contributed by atoms with Gasteiger partial charge in [0.25, 0.3) is 5.91 Å². The number of nitrogens with zero attached hydrogens (tertiary/aromatic N) is 1. The van der Waals surface area contributed by atoms with Crippen LogP contribution < -0.4 is 0 Å². The first kappa shape index (κ1) is 13.3. The van der Waals surface area contributed by atoms with Gasteiger partial charge in [-0.25, -0.2) is 0 Å². The van der Waals surface area contributed by atoms with Crippen molar-refractivity contribution >= 4 is 29.1 Å². The van der Waals surface area contributed by atoms with Crippen molar-refractivity contribution in [3.05, 3.63) is 34.3 Å². The van der Waals surface area contributed by atoms with Crippen molar-refractivity contribution in [2.75, 3.05) is 19.0 Å². The molecule has 2 nitrogen and oxygen atoms in total. The number of carbonyl (C=O) groups is 1. The standard InChI is InChI=1S/C12H15Cl2NO/c1-3-15(7-6-13)12(16)11-8-10(14)5-4-9(11)2/h4-5,8H,3,6-7H2,1-2H3. The van der Waals surface area contributed by atoms with E-state index in [0.717, 1.165) is 5.56 Å². The molecule has 88 valence electrons. The van der Waals surface area contributed by atoms with E-state index in [4.69, 9.17) is 23.2 Å². The van der Waals surface area contributed by atoms with Crippen LogP contribution in [-0.2, 0) is 0 Å². The summed E-state index contributed by atoms with van der Waals surface area (Å²) in [6.07, 6.45) is 0. The quantitative estimate of drug-likeness (QED) is 0.760. The van der Waals surface area contributed by atoms with Crippen molar-refractivity contribution in [3.8, 4) is 0 Å². The highest BCUT2D eigenvalue weighted by Gasteiger charge is 2.15. The Hall–Kier alpha value is -0.730. The molecular formula is C12H15Cl2NO. The average molecular weight is 260 g/mol. The van der Waals surface area contributed by atoms with Gasteiger partial charge in [0, 0.05) is 29.6 Å². The van der Waals surface area contributed by atoms with Gasteiger partial charge in [-0.3, -0.25) is 4.79 Å². The van der Waals surface area contributed by atoms with E-state index in [1.165, 1.54) is 0 Å². The third-order valence-corrected chi connectivity index (χ3v) is 2.86. The molecule has 0 bridgehead atoms. The van der Waals surface area contributed by atoms with Crippen LogP contribution in [0, 0.1) is 6.92 Å². The molecule has 1 rings (SSSR count). The maximum atomic E-state index is 12.1. The Bertz CT molecular complexity index is 379. The second-order valence-electron chi connectivity index (χ2n) is 3.53. The van der Waals surface area contributed by atoms with Gasteiger partial charge in [0.05, 0.1) is 0 Å². The molecule has 0 aliphatic carbocycles. The third-order valence-electron chi connectivity index (χ3n) is 2.45. The van der Waals surface area contributed by atoms with Gasteiger partial charge >= 0.3 is 0 Å². The molecule has 0 heterocycles. The van der Waals surface area contributed by atoms with E-state index in [-0.39, 0.29) is 5.91 Å². The summed E-state index contributed by atoms with van der Waals surface area (Å²) >= 11 is 11.5. The Morgan fingerprint density at radius 3 is 2.69 bits per heavy atom. The van der Waals surface area contributed by atoms with Gasteiger partial charge in [-0.1, -0.05) is 17.7 Å². The lowest BCUT2D eigenvalue weighted by Crippen LogP contribution is -2.32. The molecule has 0 saturated carbocycles. The fourth-order valence-corrected chi connectivity index (χ4v) is 1.88. The lowest BCUT2D eigenvalue weighted by atomic mass is 10.1. The largest absolute Gasteiger partial charge is 0.338 e. The molecule has 0 saturated heterocycles. The zero-order valence-corrected chi connectivity index (χ0v) is 11.0. The summed E-state index contributed by atoms with van der Waals surface area (Å²) in [5, 5.41) is 0.580. The van der Waals surface area contributed by atoms with Crippen molar-refractivity contribution in [1.82, 2.24) is 4.90 Å². The fourth-order valence-electron chi connectivity index (χ4n) is 1.50. The first-order chi connectivity index (χ1) is 7.60. The van der Waals surface area contributed by atoms with Crippen molar-refractivity contribution in [1.29, 1.82) is 0 Å². The fraction of sp³-hybridized carbons (Fsp3) is 0.417. The monoisotopic (exact) mass is 259 g/mol. The zero-order valence-electron chi connectivity index (χ0n) is 9.46. The van der Waals surface area contributed by atoms with Crippen LogP contribution in [0.25, 0.3) is 0 Å². The maximum absolute atomic E-state index is 12.1. The normalized spacial score (nSPS) is 10.2. The Kier molecular flexibility index (Phi) is 5.10. The summed E-state index contributed by atoms with van der Waals surface area (Å²) in [6, 6.07) is 5.34. The molecule has 0 spiro atoms. The molecule has 0 atom stereocenters. The second kappa shape index (κ2) is 6.12. The van der Waals surface area contributed by atoms with Crippen molar-refractivity contribution < 1.29 is 4.79 Å². The molecular weight excluding hydrogens is 245 g/mol. The van der Waals surface area contributed by atoms with Gasteiger partial charge in [0.15, 0.2) is 0 Å². The molecule has 0 aliphatic rings. The van der Waals surface area contributed by atoms with Crippen LogP contribution in [0.2, 0.25) is 5.02 Å². The molecule has 0 aromatic heterocycles. The van der Waals surface area contributed by atoms with Gasteiger partial charge in [0.1, 0.15) is 0 Å². The minimum Gasteiger partial charge on any atom is -0.338 e. The van der Waals surface area contributed by atoms with E-state index in [1.54, 1.807) is 17.0 Å². The summed E-state index contributed by atoms with van der Waals surface area (Å²) in [5.74, 6) is 0.433. The van der Waals surface area contributed by atoms with Crippen molar-refractivity contribution in [2.45, 2.75) is 13.8 Å². The van der Waals surface area contributed by atoms with Gasteiger partial charge in [-0.15, -0.1) is 11.6 Å². The van der Waals surface area contributed by atoms with Gasteiger partial charge in [-0.05, 0) is 31.5 Å². The van der Waals surface area contributed by atoms with Crippen LogP contribution in [0.1, 0.15) is 22.8 Å². The second-order valence-corrected chi connectivity index (χ2v) is 4.35. The highest BCUT2D eigenvalue weighted by molar-refractivity contribution is 6.31. The van der Waals surface area contributed by atoms with Crippen LogP contribution in [0.4, 0.5) is 0 Å². The summed E-state index contributed by atoms with van der Waals surface area (Å²) < 4.78 is 0. The summed E-state index contributed by atoms with van der Waals surface area (Å²) in [7, 11) is 0. The van der Waals surface area contributed by atoms with Crippen molar-refractivity contribution in [2.24, 2.45) is 0 Å². The van der Waals surface area contributed by atoms with E-state index < -0.39 is 0 Å². The first-order valence-corrected chi connectivity index (χ1v) is 6.12. The van der Waals surface area contributed by atoms with Crippen LogP contribution in [-0.4, -0.2) is 29.8 Å². The minimum atomic E-state index is -0.0110. The molecule has 0 fully saturated rings. The summed E-state index contributed by atoms with van der Waals surface area (Å²) in [6.45, 7) is 5.04. The molecule has 1 aromatic rings. The summed E-state index contributed by atoms with van der Waals surface area (Å²) in [5.41, 5.74) is 1.59. The molecule has 4 heteroatoms. The minimum absolute atomic E-state index is 0.0110. The van der Waals surface area contributed by atoms with Gasteiger partial charge in [-0.2, -0.15) is 0 Å². The molecule has 0 radical (unpaired) electrons. The SMILES string of the molecule is CCN(CCCl)C(=O)c1cc(Cl)ccc1C. The number of rotatable bonds is 4. The molecule has 0 N–H and O–H groups in total. The molecule has 0 unspecified atom stereocenters. The van der Waals surface area contributed by atoms with Gasteiger partial charge < -0.3 is 4.90 Å². The van der Waals surface area contributed by atoms with E-state index >= 15 is 0 Å². The highest BCUT2D eigenvalue weighted by atomic mass is 35.5. The van der Waals surface area contributed by atoms with Crippen LogP contribution >= 0.6 is 23.2 Å². The molecule has 1 aromatic carbocycles. The summed E-state index contributed by atoms with van der Waals surface area (Å²) in [4.78, 5) is 13.9. The van der Waals surface area contributed by atoms with Crippen LogP contribution in [0.5, 0.6) is 0 Å². The third kappa shape index (κ3) is 3.13. The Balaban J connectivity index is 2.98. The smallest absolute Gasteiger partial charge is 0.254 e. The average Bonchev–Trinajstić information content (AvgIpc) is 2.28. The maximum Gasteiger partial charge on any atom is 0.254 e. The van der Waals surface area contributed by atoms with Crippen molar-refractivity contribution in [3.63, 3.8) is 0 Å². The van der Waals surface area contributed by atoms with Crippen LogP contribution in [0.15, 0.2) is 18.2 Å². The number of benzene rings is 1. The number of amides is 1. The lowest BCUT2D eigenvalue weighted by Gasteiger charge is -2.20. The predicted molar refractivity (Wildman–Crippen MR) is 68.5 cm³/mol. The lowest BCUT2D eigenvalue weighted by molar-refractivity contribution is 0.0773. The number of aryl methyl sites for hydroxylation is 1. The zero-order chi connectivity index (χ0) is 12.1. The Labute approximate surface area is 106 Å². The first-order valence-electron chi connectivity index (χ1n) is 5.21. The number of alkyl halides is 1. The molecule has 0 aliphatic heterocycles. The van der Waals surface area contributed by atoms with E-state index in [2.05, 4.69) is 0 Å². The number of carbonyl (C=O) groups excluding carboxylic acids is 1. The number of hydrogen-bond donors (Lipinski definition) is 0. The van der Waals surface area contributed by atoms with E-state index in [9.17, 15) is 4.79 Å². The Morgan fingerprint density at radius 1 is 1.44 bits per heavy atom. The number of halogens is 2. The Morgan fingerprint density at radius 2 is 2.12 bits per heavy atom. The highest BCUT2D eigenvalue weighted by Crippen LogP contribution is 2.17. The molecule has 16 heavy (non-hydrogen) atoms. The van der Waals surface area contributed by atoms with Crippen LogP contribution in [0.3, 0.4) is 0 Å². The number of hydrogen-bond acceptors (Lipinski definition) is 1. The van der Waals surface area contributed by atoms with E-state index in [1.807, 2.05) is 19.9 Å².